The topological polar surface area (TPSA) is 12.9 Å². The molecule has 1 heterocycles. The zero-order valence-corrected chi connectivity index (χ0v) is 8.13. The van der Waals surface area contributed by atoms with Crippen molar-refractivity contribution in [2.24, 2.45) is 0 Å². The molecule has 0 saturated heterocycles. The number of rotatable bonds is 2. The van der Waals surface area contributed by atoms with Gasteiger partial charge in [-0.2, -0.15) is 0 Å². The van der Waals surface area contributed by atoms with Crippen molar-refractivity contribution in [3.8, 4) is 0 Å². The minimum Gasteiger partial charge on any atom is -0.253 e. The molecule has 0 aliphatic heterocycles. The lowest BCUT2D eigenvalue weighted by Gasteiger charge is -2.05. The molecule has 0 atom stereocenters. The van der Waals surface area contributed by atoms with Crippen LogP contribution in [0.4, 0.5) is 4.39 Å². The Morgan fingerprint density at radius 1 is 1.29 bits per heavy atom. The highest BCUT2D eigenvalue weighted by Gasteiger charge is 2.06. The second-order valence-electron chi connectivity index (χ2n) is 3.35. The number of halogens is 1. The number of benzene rings is 1. The van der Waals surface area contributed by atoms with E-state index in [2.05, 4.69) is 11.9 Å². The third kappa shape index (κ3) is 1.48. The maximum atomic E-state index is 13.4. The van der Waals surface area contributed by atoms with Gasteiger partial charge in [-0.1, -0.05) is 31.5 Å². The van der Waals surface area contributed by atoms with Crippen LogP contribution in [0.2, 0.25) is 0 Å². The van der Waals surface area contributed by atoms with E-state index in [9.17, 15) is 4.39 Å². The van der Waals surface area contributed by atoms with E-state index >= 15 is 0 Å². The predicted molar refractivity (Wildman–Crippen MR) is 55.7 cm³/mol. The summed E-state index contributed by atoms with van der Waals surface area (Å²) in [6.07, 6.45) is 3.03. The van der Waals surface area contributed by atoms with E-state index < -0.39 is 0 Å². The van der Waals surface area contributed by atoms with Crippen molar-refractivity contribution in [1.29, 1.82) is 0 Å². The maximum absolute atomic E-state index is 13.4. The van der Waals surface area contributed by atoms with Crippen molar-refractivity contribution in [2.75, 3.05) is 0 Å². The van der Waals surface area contributed by atoms with Crippen molar-refractivity contribution in [3.63, 3.8) is 0 Å². The Kier molecular flexibility index (Phi) is 2.44. The van der Waals surface area contributed by atoms with Gasteiger partial charge in [-0.3, -0.25) is 4.98 Å². The van der Waals surface area contributed by atoms with E-state index in [4.69, 9.17) is 0 Å². The van der Waals surface area contributed by atoms with Gasteiger partial charge < -0.3 is 0 Å². The van der Waals surface area contributed by atoms with Crippen LogP contribution in [-0.4, -0.2) is 4.98 Å². The molecule has 0 unspecified atom stereocenters. The first-order chi connectivity index (χ1) is 6.83. The van der Waals surface area contributed by atoms with Crippen LogP contribution in [0.15, 0.2) is 30.5 Å². The van der Waals surface area contributed by atoms with Crippen LogP contribution in [0.1, 0.15) is 18.9 Å². The molecule has 0 spiro atoms. The number of fused-ring (bicyclic) bond motifs is 1. The first-order valence-electron chi connectivity index (χ1n) is 4.85. The van der Waals surface area contributed by atoms with E-state index in [-0.39, 0.29) is 5.82 Å². The lowest BCUT2D eigenvalue weighted by molar-refractivity contribution is 0.605. The SMILES string of the molecule is CCCc1c(F)cnc2ccccc12. The van der Waals surface area contributed by atoms with E-state index in [1.165, 1.54) is 6.20 Å². The number of nitrogens with zero attached hydrogens (tertiary/aromatic N) is 1. The number of aryl methyl sites for hydroxylation is 1. The quantitative estimate of drug-likeness (QED) is 0.706. The van der Waals surface area contributed by atoms with Gasteiger partial charge in [0.2, 0.25) is 0 Å². The lowest BCUT2D eigenvalue weighted by Crippen LogP contribution is -1.93. The molecule has 0 N–H and O–H groups in total. The van der Waals surface area contributed by atoms with Crippen LogP contribution in [0.3, 0.4) is 0 Å². The van der Waals surface area contributed by atoms with Crippen molar-refractivity contribution in [2.45, 2.75) is 19.8 Å². The molecule has 0 bridgehead atoms. The summed E-state index contributed by atoms with van der Waals surface area (Å²) in [5.74, 6) is -0.189. The molecule has 0 amide bonds. The first-order valence-corrected chi connectivity index (χ1v) is 4.85. The second-order valence-corrected chi connectivity index (χ2v) is 3.35. The van der Waals surface area contributed by atoms with Gasteiger partial charge >= 0.3 is 0 Å². The van der Waals surface area contributed by atoms with Gasteiger partial charge in [0.25, 0.3) is 0 Å². The van der Waals surface area contributed by atoms with Gasteiger partial charge in [0.15, 0.2) is 0 Å². The largest absolute Gasteiger partial charge is 0.253 e. The summed E-state index contributed by atoms with van der Waals surface area (Å²) in [5, 5.41) is 0.939. The minimum atomic E-state index is -0.189. The summed E-state index contributed by atoms with van der Waals surface area (Å²) < 4.78 is 13.4. The van der Waals surface area contributed by atoms with Gasteiger partial charge in [-0.25, -0.2) is 4.39 Å². The van der Waals surface area contributed by atoms with Crippen molar-refractivity contribution >= 4 is 10.9 Å². The molecule has 1 aromatic heterocycles. The van der Waals surface area contributed by atoms with E-state index in [0.29, 0.717) is 0 Å². The molecule has 1 nitrogen and oxygen atoms in total. The number of pyridine rings is 1. The fraction of sp³-hybridized carbons (Fsp3) is 0.250. The summed E-state index contributed by atoms with van der Waals surface area (Å²) in [6.45, 7) is 2.05. The van der Waals surface area contributed by atoms with Gasteiger partial charge in [0.1, 0.15) is 5.82 Å². The predicted octanol–water partition coefficient (Wildman–Crippen LogP) is 3.33. The Bertz CT molecular complexity index is 451. The van der Waals surface area contributed by atoms with Gasteiger partial charge in [-0.05, 0) is 18.1 Å². The van der Waals surface area contributed by atoms with Crippen LogP contribution < -0.4 is 0 Å². The summed E-state index contributed by atoms with van der Waals surface area (Å²) in [4.78, 5) is 4.05. The van der Waals surface area contributed by atoms with Crippen LogP contribution >= 0.6 is 0 Å². The molecular formula is C12H12FN. The number of hydrogen-bond acceptors (Lipinski definition) is 1. The van der Waals surface area contributed by atoms with Crippen molar-refractivity contribution in [3.05, 3.63) is 41.8 Å². The molecule has 14 heavy (non-hydrogen) atoms. The highest BCUT2D eigenvalue weighted by Crippen LogP contribution is 2.20. The Balaban J connectivity index is 2.69. The van der Waals surface area contributed by atoms with Gasteiger partial charge in [-0.15, -0.1) is 0 Å². The van der Waals surface area contributed by atoms with Crippen molar-refractivity contribution in [1.82, 2.24) is 4.98 Å². The molecule has 2 heteroatoms. The molecule has 0 aliphatic rings. The molecule has 0 fully saturated rings. The first kappa shape index (κ1) is 9.13. The third-order valence-corrected chi connectivity index (χ3v) is 2.33. The van der Waals surface area contributed by atoms with Crippen LogP contribution in [0, 0.1) is 5.82 Å². The molecule has 0 saturated carbocycles. The van der Waals surface area contributed by atoms with E-state index in [1.54, 1.807) is 0 Å². The van der Waals surface area contributed by atoms with E-state index in [0.717, 1.165) is 29.3 Å². The van der Waals surface area contributed by atoms with Gasteiger partial charge in [0.05, 0.1) is 11.7 Å². The van der Waals surface area contributed by atoms with Gasteiger partial charge in [0, 0.05) is 5.39 Å². The summed E-state index contributed by atoms with van der Waals surface area (Å²) in [7, 11) is 0. The molecule has 0 aliphatic carbocycles. The van der Waals surface area contributed by atoms with Crippen molar-refractivity contribution < 1.29 is 4.39 Å². The maximum Gasteiger partial charge on any atom is 0.145 e. The second kappa shape index (κ2) is 3.74. The molecule has 0 radical (unpaired) electrons. The van der Waals surface area contributed by atoms with Crippen LogP contribution in [0.5, 0.6) is 0 Å². The number of hydrogen-bond donors (Lipinski definition) is 0. The highest BCUT2D eigenvalue weighted by molar-refractivity contribution is 5.81. The van der Waals surface area contributed by atoms with Crippen LogP contribution in [0.25, 0.3) is 10.9 Å². The minimum absolute atomic E-state index is 0.189. The molecule has 1 aromatic carbocycles. The summed E-state index contributed by atoms with van der Waals surface area (Å²) in [6, 6.07) is 7.68. The standard InChI is InChI=1S/C12H12FN/c1-2-5-9-10-6-3-4-7-12(10)14-8-11(9)13/h3-4,6-8H,2,5H2,1H3. The fourth-order valence-corrected chi connectivity index (χ4v) is 1.68. The summed E-state index contributed by atoms with van der Waals surface area (Å²) >= 11 is 0. The van der Waals surface area contributed by atoms with Crippen LogP contribution in [-0.2, 0) is 6.42 Å². The zero-order chi connectivity index (χ0) is 9.97. The smallest absolute Gasteiger partial charge is 0.145 e. The number of para-hydroxylation sites is 1. The molecule has 2 aromatic rings. The Hall–Kier alpha value is -1.44. The average Bonchev–Trinajstić information content (AvgIpc) is 2.23. The molecular weight excluding hydrogens is 177 g/mol. The Labute approximate surface area is 82.6 Å². The zero-order valence-electron chi connectivity index (χ0n) is 8.13. The molecule has 72 valence electrons. The highest BCUT2D eigenvalue weighted by atomic mass is 19.1. The monoisotopic (exact) mass is 189 g/mol. The average molecular weight is 189 g/mol. The Morgan fingerprint density at radius 3 is 2.86 bits per heavy atom. The summed E-state index contributed by atoms with van der Waals surface area (Å²) in [5.41, 5.74) is 1.66. The fourth-order valence-electron chi connectivity index (χ4n) is 1.68. The lowest BCUT2D eigenvalue weighted by atomic mass is 10.0. The molecule has 2 rings (SSSR count). The van der Waals surface area contributed by atoms with E-state index in [1.807, 2.05) is 24.3 Å². The normalized spacial score (nSPS) is 10.7. The number of aromatic nitrogens is 1. The Morgan fingerprint density at radius 2 is 2.07 bits per heavy atom. The third-order valence-electron chi connectivity index (χ3n) is 2.33.